The van der Waals surface area contributed by atoms with Gasteiger partial charge in [-0.25, -0.2) is 8.78 Å². The van der Waals surface area contributed by atoms with Crippen LogP contribution >= 0.6 is 12.4 Å². The van der Waals surface area contributed by atoms with Gasteiger partial charge in [0.05, 0.1) is 12.6 Å². The minimum absolute atomic E-state index is 0. The molecule has 4 nitrogen and oxygen atoms in total. The average Bonchev–Trinajstić information content (AvgIpc) is 2.97. The van der Waals surface area contributed by atoms with E-state index < -0.39 is 28.8 Å². The van der Waals surface area contributed by atoms with E-state index in [2.05, 4.69) is 10.1 Å². The number of rotatable bonds is 3. The number of benzene rings is 1. The van der Waals surface area contributed by atoms with E-state index in [0.717, 1.165) is 12.1 Å². The largest absolute Gasteiger partial charge is 0.491 e. The van der Waals surface area contributed by atoms with Gasteiger partial charge >= 0.3 is 0 Å². The van der Waals surface area contributed by atoms with Crippen LogP contribution in [0.2, 0.25) is 0 Å². The first-order valence-corrected chi connectivity index (χ1v) is 5.09. The van der Waals surface area contributed by atoms with Gasteiger partial charge < -0.3 is 15.8 Å². The summed E-state index contributed by atoms with van der Waals surface area (Å²) in [6, 6.07) is 1.98. The minimum Gasteiger partial charge on any atom is -0.491 e. The predicted octanol–water partition coefficient (Wildman–Crippen LogP) is 1.82. The topological polar surface area (TPSA) is 64.3 Å². The third-order valence-corrected chi connectivity index (χ3v) is 2.70. The number of amides is 1. The fourth-order valence-corrected chi connectivity index (χ4v) is 1.44. The highest BCUT2D eigenvalue weighted by molar-refractivity contribution is 6.00. The van der Waals surface area contributed by atoms with Crippen molar-refractivity contribution in [2.24, 2.45) is 5.73 Å². The summed E-state index contributed by atoms with van der Waals surface area (Å²) < 4.78 is 31.2. The lowest BCUT2D eigenvalue weighted by Crippen LogP contribution is -2.37. The third kappa shape index (κ3) is 2.70. The van der Waals surface area contributed by atoms with E-state index in [-0.39, 0.29) is 18.1 Å². The molecule has 1 aromatic carbocycles. The lowest BCUT2D eigenvalue weighted by molar-refractivity contribution is -0.118. The summed E-state index contributed by atoms with van der Waals surface area (Å²) >= 11 is 0. The summed E-state index contributed by atoms with van der Waals surface area (Å²) in [6.45, 7) is 0. The molecule has 1 aromatic rings. The van der Waals surface area contributed by atoms with E-state index >= 15 is 0 Å². The van der Waals surface area contributed by atoms with Gasteiger partial charge in [-0.15, -0.1) is 12.4 Å². The van der Waals surface area contributed by atoms with E-state index in [1.165, 1.54) is 7.11 Å². The van der Waals surface area contributed by atoms with Gasteiger partial charge in [0, 0.05) is 17.8 Å². The molecule has 100 valence electrons. The summed E-state index contributed by atoms with van der Waals surface area (Å²) in [5.41, 5.74) is 4.79. The van der Waals surface area contributed by atoms with Crippen molar-refractivity contribution in [2.45, 2.75) is 18.4 Å². The fraction of sp³-hybridized carbons (Fsp3) is 0.364. The van der Waals surface area contributed by atoms with Crippen LogP contribution in [0.5, 0.6) is 5.75 Å². The Morgan fingerprint density at radius 1 is 1.39 bits per heavy atom. The molecule has 1 saturated carbocycles. The SMILES string of the molecule is COc1c(F)cc(NC(=O)C2(N)CC2)cc1F.Cl. The van der Waals surface area contributed by atoms with Gasteiger partial charge in [-0.3, -0.25) is 4.79 Å². The van der Waals surface area contributed by atoms with Crippen LogP contribution in [-0.2, 0) is 4.79 Å². The van der Waals surface area contributed by atoms with E-state index in [1.54, 1.807) is 0 Å². The zero-order valence-corrected chi connectivity index (χ0v) is 10.4. The van der Waals surface area contributed by atoms with Crippen LogP contribution in [-0.4, -0.2) is 18.6 Å². The first-order valence-electron chi connectivity index (χ1n) is 5.09. The second-order valence-corrected chi connectivity index (χ2v) is 4.08. The predicted molar refractivity (Wildman–Crippen MR) is 64.9 cm³/mol. The molecule has 7 heteroatoms. The molecule has 18 heavy (non-hydrogen) atoms. The third-order valence-electron chi connectivity index (χ3n) is 2.70. The molecule has 1 aliphatic carbocycles. The van der Waals surface area contributed by atoms with Crippen molar-refractivity contribution in [2.75, 3.05) is 12.4 Å². The van der Waals surface area contributed by atoms with Gasteiger partial charge in [0.25, 0.3) is 0 Å². The second kappa shape index (κ2) is 5.07. The average molecular weight is 279 g/mol. The molecule has 0 atom stereocenters. The molecule has 1 aliphatic rings. The fourth-order valence-electron chi connectivity index (χ4n) is 1.44. The number of halogens is 3. The van der Waals surface area contributed by atoms with Crippen LogP contribution in [0.4, 0.5) is 14.5 Å². The summed E-state index contributed by atoms with van der Waals surface area (Å²) in [7, 11) is 1.17. The maximum Gasteiger partial charge on any atom is 0.244 e. The number of hydrogen-bond donors (Lipinski definition) is 2. The van der Waals surface area contributed by atoms with Crippen molar-refractivity contribution >= 4 is 24.0 Å². The molecular weight excluding hydrogens is 266 g/mol. The number of nitrogens with two attached hydrogens (primary N) is 1. The van der Waals surface area contributed by atoms with Gasteiger partial charge in [-0.05, 0) is 12.8 Å². The van der Waals surface area contributed by atoms with Crippen molar-refractivity contribution in [1.29, 1.82) is 0 Å². The molecule has 0 radical (unpaired) electrons. The van der Waals surface area contributed by atoms with Gasteiger partial charge in [-0.2, -0.15) is 0 Å². The summed E-state index contributed by atoms with van der Waals surface area (Å²) in [5.74, 6) is -2.65. The molecule has 0 spiro atoms. The Labute approximate surface area is 109 Å². The Hall–Kier alpha value is -1.40. The first kappa shape index (κ1) is 14.7. The Bertz CT molecular complexity index is 455. The van der Waals surface area contributed by atoms with E-state index in [9.17, 15) is 13.6 Å². The number of hydrogen-bond acceptors (Lipinski definition) is 3. The van der Waals surface area contributed by atoms with Crippen LogP contribution in [0.25, 0.3) is 0 Å². The quantitative estimate of drug-likeness (QED) is 0.886. The van der Waals surface area contributed by atoms with E-state index in [0.29, 0.717) is 12.8 Å². The summed E-state index contributed by atoms with van der Waals surface area (Å²) in [6.07, 6.45) is 1.17. The molecule has 1 fully saturated rings. The molecule has 2 rings (SSSR count). The molecular formula is C11H13ClF2N2O2. The number of carbonyl (C=O) groups excluding carboxylic acids is 1. The van der Waals surface area contributed by atoms with Gasteiger partial charge in [0.1, 0.15) is 0 Å². The maximum absolute atomic E-state index is 13.3. The molecule has 1 amide bonds. The standard InChI is InChI=1S/C11H12F2N2O2.ClH/c1-17-9-7(12)4-6(5-8(9)13)15-10(16)11(14)2-3-11;/h4-5H,2-3,14H2,1H3,(H,15,16);1H. The Balaban J connectivity index is 0.00000162. The van der Waals surface area contributed by atoms with Gasteiger partial charge in [-0.1, -0.05) is 0 Å². The lowest BCUT2D eigenvalue weighted by atomic mass is 10.2. The number of anilines is 1. The molecule has 0 unspecified atom stereocenters. The maximum atomic E-state index is 13.3. The molecule has 0 bridgehead atoms. The second-order valence-electron chi connectivity index (χ2n) is 4.08. The lowest BCUT2D eigenvalue weighted by Gasteiger charge is -2.11. The van der Waals surface area contributed by atoms with Gasteiger partial charge in [0.15, 0.2) is 17.4 Å². The van der Waals surface area contributed by atoms with Crippen LogP contribution in [0.3, 0.4) is 0 Å². The highest BCUT2D eigenvalue weighted by atomic mass is 35.5. The summed E-state index contributed by atoms with van der Waals surface area (Å²) in [5, 5.41) is 2.38. The smallest absolute Gasteiger partial charge is 0.244 e. The van der Waals surface area contributed by atoms with Crippen LogP contribution in [0.1, 0.15) is 12.8 Å². The van der Waals surface area contributed by atoms with Crippen molar-refractivity contribution in [3.8, 4) is 5.75 Å². The zero-order chi connectivity index (χ0) is 12.6. The van der Waals surface area contributed by atoms with Crippen molar-refractivity contribution < 1.29 is 18.3 Å². The molecule has 0 heterocycles. The zero-order valence-electron chi connectivity index (χ0n) is 9.63. The van der Waals surface area contributed by atoms with E-state index in [1.807, 2.05) is 0 Å². The number of nitrogens with one attached hydrogen (secondary N) is 1. The normalized spacial score (nSPS) is 15.6. The Morgan fingerprint density at radius 3 is 2.28 bits per heavy atom. The van der Waals surface area contributed by atoms with Crippen LogP contribution < -0.4 is 15.8 Å². The highest BCUT2D eigenvalue weighted by Gasteiger charge is 2.46. The highest BCUT2D eigenvalue weighted by Crippen LogP contribution is 2.34. The molecule has 0 saturated heterocycles. The Morgan fingerprint density at radius 2 is 1.89 bits per heavy atom. The van der Waals surface area contributed by atoms with Crippen molar-refractivity contribution in [1.82, 2.24) is 0 Å². The van der Waals surface area contributed by atoms with Crippen LogP contribution in [0, 0.1) is 11.6 Å². The molecule has 0 aliphatic heterocycles. The summed E-state index contributed by atoms with van der Waals surface area (Å²) in [4.78, 5) is 11.6. The molecule has 3 N–H and O–H groups in total. The van der Waals surface area contributed by atoms with E-state index in [4.69, 9.17) is 5.73 Å². The number of ether oxygens (including phenoxy) is 1. The number of methoxy groups -OCH3 is 1. The first-order chi connectivity index (χ1) is 7.96. The minimum atomic E-state index is -0.882. The monoisotopic (exact) mass is 278 g/mol. The van der Waals surface area contributed by atoms with Gasteiger partial charge in [0.2, 0.25) is 5.91 Å². The number of carbonyl (C=O) groups is 1. The van der Waals surface area contributed by atoms with Crippen LogP contribution in [0.15, 0.2) is 12.1 Å². The van der Waals surface area contributed by atoms with Crippen molar-refractivity contribution in [3.05, 3.63) is 23.8 Å². The Kier molecular flexibility index (Phi) is 4.13. The van der Waals surface area contributed by atoms with Crippen molar-refractivity contribution in [3.63, 3.8) is 0 Å². The molecule has 0 aromatic heterocycles.